The topological polar surface area (TPSA) is 20.2 Å². The molecule has 1 nitrogen and oxygen atoms in total. The highest BCUT2D eigenvalue weighted by molar-refractivity contribution is 5.37. The van der Waals surface area contributed by atoms with Crippen LogP contribution in [-0.4, -0.2) is 5.11 Å². The van der Waals surface area contributed by atoms with Gasteiger partial charge in [0.05, 0.1) is 5.60 Å². The molecule has 1 aliphatic carbocycles. The van der Waals surface area contributed by atoms with Gasteiger partial charge in [-0.25, -0.2) is 0 Å². The predicted molar refractivity (Wildman–Crippen MR) is 58.1 cm³/mol. The van der Waals surface area contributed by atoms with Gasteiger partial charge in [-0.1, -0.05) is 44.5 Å². The van der Waals surface area contributed by atoms with Crippen molar-refractivity contribution < 1.29 is 5.11 Å². The minimum Gasteiger partial charge on any atom is -0.385 e. The van der Waals surface area contributed by atoms with E-state index in [4.69, 9.17) is 0 Å². The van der Waals surface area contributed by atoms with Gasteiger partial charge in [0, 0.05) is 0 Å². The van der Waals surface area contributed by atoms with Crippen LogP contribution in [-0.2, 0) is 12.0 Å². The molecule has 0 amide bonds. The molecule has 0 spiro atoms. The van der Waals surface area contributed by atoms with Crippen molar-refractivity contribution in [2.24, 2.45) is 5.92 Å². The monoisotopic (exact) mass is 190 g/mol. The van der Waals surface area contributed by atoms with E-state index in [1.54, 1.807) is 0 Å². The van der Waals surface area contributed by atoms with E-state index in [1.807, 2.05) is 6.07 Å². The zero-order valence-corrected chi connectivity index (χ0v) is 8.96. The molecular weight excluding hydrogens is 172 g/mol. The number of hydrogen-bond acceptors (Lipinski definition) is 1. The Balaban J connectivity index is 2.42. The van der Waals surface area contributed by atoms with E-state index < -0.39 is 5.60 Å². The predicted octanol–water partition coefficient (Wildman–Crippen LogP) is 2.87. The molecule has 0 bridgehead atoms. The lowest BCUT2D eigenvalue weighted by Gasteiger charge is -2.30. The van der Waals surface area contributed by atoms with Crippen molar-refractivity contribution in [2.75, 3.05) is 0 Å². The Labute approximate surface area is 85.8 Å². The van der Waals surface area contributed by atoms with Crippen LogP contribution in [0.5, 0.6) is 0 Å². The first-order valence-electron chi connectivity index (χ1n) is 5.49. The van der Waals surface area contributed by atoms with E-state index in [-0.39, 0.29) is 0 Å². The summed E-state index contributed by atoms with van der Waals surface area (Å²) in [5, 5.41) is 10.6. The minimum absolute atomic E-state index is 0.353. The fourth-order valence-corrected chi connectivity index (χ4v) is 2.47. The van der Waals surface area contributed by atoms with Crippen LogP contribution < -0.4 is 0 Å². The van der Waals surface area contributed by atoms with E-state index in [2.05, 4.69) is 32.0 Å². The van der Waals surface area contributed by atoms with Crippen LogP contribution >= 0.6 is 0 Å². The number of rotatable bonds is 2. The molecule has 2 atom stereocenters. The second-order valence-corrected chi connectivity index (χ2v) is 4.39. The molecule has 1 aromatic carbocycles. The normalized spacial score (nSPS) is 27.4. The van der Waals surface area contributed by atoms with E-state index in [0.29, 0.717) is 5.92 Å². The summed E-state index contributed by atoms with van der Waals surface area (Å²) in [5.41, 5.74) is 1.93. The Morgan fingerprint density at radius 1 is 1.43 bits per heavy atom. The van der Waals surface area contributed by atoms with Gasteiger partial charge >= 0.3 is 0 Å². The molecule has 1 aliphatic rings. The molecule has 0 fully saturated rings. The maximum absolute atomic E-state index is 10.6. The average molecular weight is 190 g/mol. The summed E-state index contributed by atoms with van der Waals surface area (Å²) >= 11 is 0. The second-order valence-electron chi connectivity index (χ2n) is 4.39. The van der Waals surface area contributed by atoms with Gasteiger partial charge in [-0.2, -0.15) is 0 Å². The Morgan fingerprint density at radius 3 is 2.86 bits per heavy atom. The van der Waals surface area contributed by atoms with Gasteiger partial charge in [0.15, 0.2) is 0 Å². The van der Waals surface area contributed by atoms with Crippen LogP contribution in [0.1, 0.15) is 37.8 Å². The molecule has 1 N–H and O–H groups in total. The van der Waals surface area contributed by atoms with Gasteiger partial charge in [0.25, 0.3) is 0 Å². The maximum atomic E-state index is 10.6. The van der Waals surface area contributed by atoms with Crippen LogP contribution in [0.2, 0.25) is 0 Å². The standard InChI is InChI=1S/C13H18O/c1-3-10(2)13(14)9-8-11-6-4-5-7-12(11)13/h4-7,10,14H,3,8-9H2,1-2H3. The van der Waals surface area contributed by atoms with Crippen molar-refractivity contribution in [3.05, 3.63) is 35.4 Å². The van der Waals surface area contributed by atoms with E-state index in [9.17, 15) is 5.11 Å². The Kier molecular flexibility index (Phi) is 2.36. The number of hydrogen-bond donors (Lipinski definition) is 1. The van der Waals surface area contributed by atoms with E-state index in [1.165, 1.54) is 5.56 Å². The third kappa shape index (κ3) is 1.27. The summed E-state index contributed by atoms with van der Waals surface area (Å²) in [6, 6.07) is 8.29. The Morgan fingerprint density at radius 2 is 2.14 bits per heavy atom. The van der Waals surface area contributed by atoms with Crippen molar-refractivity contribution in [3.8, 4) is 0 Å². The smallest absolute Gasteiger partial charge is 0.0927 e. The first kappa shape index (κ1) is 9.72. The fourth-order valence-electron chi connectivity index (χ4n) is 2.47. The zero-order chi connectivity index (χ0) is 10.2. The van der Waals surface area contributed by atoms with E-state index >= 15 is 0 Å². The lowest BCUT2D eigenvalue weighted by Crippen LogP contribution is -2.30. The number of aliphatic hydroxyl groups is 1. The molecule has 0 aliphatic heterocycles. The molecule has 0 radical (unpaired) electrons. The first-order chi connectivity index (χ1) is 6.68. The van der Waals surface area contributed by atoms with Crippen LogP contribution in [0.3, 0.4) is 0 Å². The number of benzene rings is 1. The van der Waals surface area contributed by atoms with Crippen molar-refractivity contribution >= 4 is 0 Å². The van der Waals surface area contributed by atoms with Crippen molar-refractivity contribution in [1.82, 2.24) is 0 Å². The lowest BCUT2D eigenvalue weighted by molar-refractivity contribution is -0.0168. The van der Waals surface area contributed by atoms with Crippen LogP contribution in [0, 0.1) is 5.92 Å². The summed E-state index contributed by atoms with van der Waals surface area (Å²) in [6.07, 6.45) is 2.95. The van der Waals surface area contributed by atoms with Crippen LogP contribution in [0.25, 0.3) is 0 Å². The summed E-state index contributed by atoms with van der Waals surface area (Å²) in [4.78, 5) is 0. The minimum atomic E-state index is -0.564. The van der Waals surface area contributed by atoms with Crippen LogP contribution in [0.15, 0.2) is 24.3 Å². The average Bonchev–Trinajstić information content (AvgIpc) is 2.58. The van der Waals surface area contributed by atoms with Crippen molar-refractivity contribution in [1.29, 1.82) is 0 Å². The molecule has 0 aromatic heterocycles. The highest BCUT2D eigenvalue weighted by Gasteiger charge is 2.39. The molecule has 14 heavy (non-hydrogen) atoms. The first-order valence-corrected chi connectivity index (χ1v) is 5.49. The van der Waals surface area contributed by atoms with Gasteiger partial charge < -0.3 is 5.11 Å². The summed E-state index contributed by atoms with van der Waals surface area (Å²) < 4.78 is 0. The summed E-state index contributed by atoms with van der Waals surface area (Å²) in [5.74, 6) is 0.353. The Bertz CT molecular complexity index is 332. The maximum Gasteiger partial charge on any atom is 0.0927 e. The molecule has 2 rings (SSSR count). The molecule has 1 aromatic rings. The van der Waals surface area contributed by atoms with Gasteiger partial charge in [0.1, 0.15) is 0 Å². The van der Waals surface area contributed by atoms with Crippen molar-refractivity contribution in [2.45, 2.75) is 38.7 Å². The number of fused-ring (bicyclic) bond motifs is 1. The third-order valence-corrected chi connectivity index (χ3v) is 3.69. The van der Waals surface area contributed by atoms with Crippen LogP contribution in [0.4, 0.5) is 0 Å². The highest BCUT2D eigenvalue weighted by atomic mass is 16.3. The summed E-state index contributed by atoms with van der Waals surface area (Å²) in [7, 11) is 0. The SMILES string of the molecule is CCC(C)C1(O)CCc2ccccc21. The van der Waals surface area contributed by atoms with Gasteiger partial charge in [0.2, 0.25) is 0 Å². The molecule has 1 heteroatoms. The Hall–Kier alpha value is -0.820. The molecule has 2 unspecified atom stereocenters. The summed E-state index contributed by atoms with van der Waals surface area (Å²) in [6.45, 7) is 4.28. The molecule has 0 saturated heterocycles. The van der Waals surface area contributed by atoms with Gasteiger partial charge in [-0.15, -0.1) is 0 Å². The van der Waals surface area contributed by atoms with Gasteiger partial charge in [-0.05, 0) is 29.9 Å². The molecular formula is C13H18O. The second kappa shape index (κ2) is 3.39. The fraction of sp³-hybridized carbons (Fsp3) is 0.538. The quantitative estimate of drug-likeness (QED) is 0.760. The number of aryl methyl sites for hydroxylation is 1. The molecule has 0 saturated carbocycles. The highest BCUT2D eigenvalue weighted by Crippen LogP contribution is 2.42. The van der Waals surface area contributed by atoms with E-state index in [0.717, 1.165) is 24.8 Å². The lowest BCUT2D eigenvalue weighted by atomic mass is 9.82. The molecule has 0 heterocycles. The van der Waals surface area contributed by atoms with Gasteiger partial charge in [-0.3, -0.25) is 0 Å². The zero-order valence-electron chi connectivity index (χ0n) is 8.96. The van der Waals surface area contributed by atoms with Crippen molar-refractivity contribution in [3.63, 3.8) is 0 Å². The third-order valence-electron chi connectivity index (χ3n) is 3.69. The molecule has 76 valence electrons. The largest absolute Gasteiger partial charge is 0.385 e.